The minimum atomic E-state index is -0.312. The lowest BCUT2D eigenvalue weighted by atomic mass is 10.3. The monoisotopic (exact) mass is 216 g/mol. The molecule has 1 atom stereocenters. The summed E-state index contributed by atoms with van der Waals surface area (Å²) in [7, 11) is 3.89. The summed E-state index contributed by atoms with van der Waals surface area (Å²) in [6.45, 7) is 7.10. The second kappa shape index (κ2) is 10.1. The Morgan fingerprint density at radius 3 is 2.80 bits per heavy atom. The van der Waals surface area contributed by atoms with E-state index in [1.54, 1.807) is 0 Å². The fourth-order valence-electron chi connectivity index (χ4n) is 1.17. The number of likely N-dealkylation sites (N-methyl/N-ethyl adjacent to an activating group) is 1. The Morgan fingerprint density at radius 1 is 1.47 bits per heavy atom. The topological polar surface area (TPSA) is 44.7 Å². The molecule has 0 saturated heterocycles. The van der Waals surface area contributed by atoms with Gasteiger partial charge in [-0.25, -0.2) is 0 Å². The molecule has 1 unspecified atom stereocenters. The zero-order valence-electron chi connectivity index (χ0n) is 9.91. The number of hydrogen-bond donors (Lipinski definition) is 2. The maximum atomic E-state index is 9.50. The number of aliphatic hydroxyl groups is 1. The molecule has 0 bridgehead atoms. The van der Waals surface area contributed by atoms with Gasteiger partial charge in [0.25, 0.3) is 0 Å². The van der Waals surface area contributed by atoms with Crippen LogP contribution >= 0.6 is 0 Å². The van der Waals surface area contributed by atoms with Crippen LogP contribution in [0.2, 0.25) is 0 Å². The van der Waals surface area contributed by atoms with E-state index in [1.807, 2.05) is 25.1 Å². The van der Waals surface area contributed by atoms with Gasteiger partial charge >= 0.3 is 0 Å². The van der Waals surface area contributed by atoms with Crippen LogP contribution in [0.5, 0.6) is 0 Å². The number of hydrogen-bond acceptors (Lipinski definition) is 4. The standard InChI is InChI=1S/C11H24N2O2/c1-4-5-7-15-8-6-12-9-11(14)10-13(2)3/h4,11-12,14H,1,5-10H2,2-3H3. The maximum absolute atomic E-state index is 9.50. The maximum Gasteiger partial charge on any atom is 0.0791 e. The van der Waals surface area contributed by atoms with Crippen LogP contribution < -0.4 is 5.32 Å². The van der Waals surface area contributed by atoms with E-state index < -0.39 is 0 Å². The molecule has 0 aromatic heterocycles. The Labute approximate surface area is 92.9 Å². The van der Waals surface area contributed by atoms with E-state index in [9.17, 15) is 5.11 Å². The summed E-state index contributed by atoms with van der Waals surface area (Å²) >= 11 is 0. The number of ether oxygens (including phenoxy) is 1. The molecular weight excluding hydrogens is 192 g/mol. The van der Waals surface area contributed by atoms with Crippen molar-refractivity contribution in [2.75, 3.05) is 46.9 Å². The van der Waals surface area contributed by atoms with Crippen LogP contribution in [0.3, 0.4) is 0 Å². The average Bonchev–Trinajstić information content (AvgIpc) is 2.15. The molecule has 0 aliphatic rings. The zero-order valence-corrected chi connectivity index (χ0v) is 9.91. The Kier molecular flexibility index (Phi) is 9.83. The Morgan fingerprint density at radius 2 is 2.20 bits per heavy atom. The molecule has 2 N–H and O–H groups in total. The van der Waals surface area contributed by atoms with Gasteiger partial charge in [-0.05, 0) is 20.5 Å². The number of nitrogens with zero attached hydrogens (tertiary/aromatic N) is 1. The van der Waals surface area contributed by atoms with Crippen LogP contribution in [0.4, 0.5) is 0 Å². The lowest BCUT2D eigenvalue weighted by Crippen LogP contribution is -2.36. The molecule has 0 radical (unpaired) electrons. The summed E-state index contributed by atoms with van der Waals surface area (Å²) in [6.07, 6.45) is 2.42. The first-order valence-corrected chi connectivity index (χ1v) is 5.39. The number of nitrogens with one attached hydrogen (secondary N) is 1. The van der Waals surface area contributed by atoms with Crippen molar-refractivity contribution in [3.63, 3.8) is 0 Å². The van der Waals surface area contributed by atoms with Crippen molar-refractivity contribution in [2.24, 2.45) is 0 Å². The van der Waals surface area contributed by atoms with Gasteiger partial charge < -0.3 is 20.1 Å². The third-order valence-corrected chi connectivity index (χ3v) is 1.85. The third kappa shape index (κ3) is 11.5. The molecule has 4 nitrogen and oxygen atoms in total. The molecule has 0 spiro atoms. The Bertz CT molecular complexity index is 152. The van der Waals surface area contributed by atoms with Gasteiger partial charge in [0.05, 0.1) is 19.3 Å². The van der Waals surface area contributed by atoms with Crippen LogP contribution in [0, 0.1) is 0 Å². The van der Waals surface area contributed by atoms with E-state index in [0.717, 1.165) is 19.6 Å². The van der Waals surface area contributed by atoms with Crippen molar-refractivity contribution < 1.29 is 9.84 Å². The van der Waals surface area contributed by atoms with Gasteiger partial charge in [-0.1, -0.05) is 6.08 Å². The fraction of sp³-hybridized carbons (Fsp3) is 0.818. The average molecular weight is 216 g/mol. The minimum absolute atomic E-state index is 0.312. The second-order valence-electron chi connectivity index (χ2n) is 3.81. The van der Waals surface area contributed by atoms with Crippen molar-refractivity contribution in [2.45, 2.75) is 12.5 Å². The smallest absolute Gasteiger partial charge is 0.0791 e. The SMILES string of the molecule is C=CCCOCCNCC(O)CN(C)C. The summed E-state index contributed by atoms with van der Waals surface area (Å²) in [5.74, 6) is 0. The van der Waals surface area contributed by atoms with Crippen molar-refractivity contribution in [3.8, 4) is 0 Å². The summed E-state index contributed by atoms with van der Waals surface area (Å²) < 4.78 is 5.31. The largest absolute Gasteiger partial charge is 0.390 e. The molecule has 0 fully saturated rings. The van der Waals surface area contributed by atoms with Gasteiger partial charge in [-0.15, -0.1) is 6.58 Å². The molecule has 0 heterocycles. The molecule has 0 amide bonds. The van der Waals surface area contributed by atoms with Crippen LogP contribution in [-0.2, 0) is 4.74 Å². The fourth-order valence-corrected chi connectivity index (χ4v) is 1.17. The van der Waals surface area contributed by atoms with Crippen molar-refractivity contribution in [1.82, 2.24) is 10.2 Å². The molecular formula is C11H24N2O2. The highest BCUT2D eigenvalue weighted by atomic mass is 16.5. The molecule has 4 heteroatoms. The molecule has 15 heavy (non-hydrogen) atoms. The normalized spacial score (nSPS) is 13.1. The first-order chi connectivity index (χ1) is 7.16. The quantitative estimate of drug-likeness (QED) is 0.401. The molecule has 0 aliphatic heterocycles. The van der Waals surface area contributed by atoms with Gasteiger partial charge in [0.1, 0.15) is 0 Å². The zero-order chi connectivity index (χ0) is 11.5. The predicted octanol–water partition coefficient (Wildman–Crippen LogP) is 0.0912. The van der Waals surface area contributed by atoms with Crippen molar-refractivity contribution >= 4 is 0 Å². The highest BCUT2D eigenvalue weighted by Crippen LogP contribution is 1.85. The van der Waals surface area contributed by atoms with Crippen molar-refractivity contribution in [3.05, 3.63) is 12.7 Å². The van der Waals surface area contributed by atoms with E-state index in [4.69, 9.17) is 4.74 Å². The van der Waals surface area contributed by atoms with Crippen molar-refractivity contribution in [1.29, 1.82) is 0 Å². The number of aliphatic hydroxyl groups excluding tert-OH is 1. The number of rotatable bonds is 10. The molecule has 0 rings (SSSR count). The first kappa shape index (κ1) is 14.6. The van der Waals surface area contributed by atoms with Gasteiger partial charge in [0.15, 0.2) is 0 Å². The van der Waals surface area contributed by atoms with Crippen LogP contribution in [0.1, 0.15) is 6.42 Å². The van der Waals surface area contributed by atoms with E-state index in [-0.39, 0.29) is 6.10 Å². The predicted molar refractivity (Wildman–Crippen MR) is 63.1 cm³/mol. The van der Waals surface area contributed by atoms with Crippen LogP contribution in [-0.4, -0.2) is 63.1 Å². The second-order valence-corrected chi connectivity index (χ2v) is 3.81. The third-order valence-electron chi connectivity index (χ3n) is 1.85. The van der Waals surface area contributed by atoms with Gasteiger partial charge in [-0.2, -0.15) is 0 Å². The molecule has 0 saturated carbocycles. The highest BCUT2D eigenvalue weighted by molar-refractivity contribution is 4.65. The Hall–Kier alpha value is -0.420. The van der Waals surface area contributed by atoms with Crippen LogP contribution in [0.15, 0.2) is 12.7 Å². The molecule has 0 aromatic rings. The van der Waals surface area contributed by atoms with Crippen LogP contribution in [0.25, 0.3) is 0 Å². The highest BCUT2D eigenvalue weighted by Gasteiger charge is 2.03. The van der Waals surface area contributed by atoms with E-state index in [0.29, 0.717) is 19.7 Å². The van der Waals surface area contributed by atoms with Gasteiger partial charge in [0.2, 0.25) is 0 Å². The Balaban J connectivity index is 3.12. The summed E-state index contributed by atoms with van der Waals surface area (Å²) in [4.78, 5) is 1.97. The molecule has 90 valence electrons. The minimum Gasteiger partial charge on any atom is -0.390 e. The summed E-state index contributed by atoms with van der Waals surface area (Å²) in [5, 5.41) is 12.6. The van der Waals surface area contributed by atoms with E-state index in [1.165, 1.54) is 0 Å². The van der Waals surface area contributed by atoms with E-state index in [2.05, 4.69) is 11.9 Å². The lowest BCUT2D eigenvalue weighted by Gasteiger charge is -2.16. The molecule has 0 aromatic carbocycles. The van der Waals surface area contributed by atoms with E-state index >= 15 is 0 Å². The summed E-state index contributed by atoms with van der Waals surface area (Å²) in [6, 6.07) is 0. The first-order valence-electron chi connectivity index (χ1n) is 5.39. The summed E-state index contributed by atoms with van der Waals surface area (Å²) in [5.41, 5.74) is 0. The van der Waals surface area contributed by atoms with Gasteiger partial charge in [-0.3, -0.25) is 0 Å². The molecule has 0 aliphatic carbocycles. The lowest BCUT2D eigenvalue weighted by molar-refractivity contribution is 0.119. The van der Waals surface area contributed by atoms with Gasteiger partial charge in [0, 0.05) is 19.6 Å².